The van der Waals surface area contributed by atoms with Crippen molar-refractivity contribution in [2.45, 2.75) is 31.7 Å². The second-order valence-electron chi connectivity index (χ2n) is 4.54. The van der Waals surface area contributed by atoms with Crippen molar-refractivity contribution in [1.82, 2.24) is 9.78 Å². The summed E-state index contributed by atoms with van der Waals surface area (Å²) in [5, 5.41) is 4.32. The van der Waals surface area contributed by atoms with Crippen molar-refractivity contribution in [3.63, 3.8) is 0 Å². The lowest BCUT2D eigenvalue weighted by Gasteiger charge is -2.24. The molecule has 0 radical (unpaired) electrons. The first-order valence-electron chi connectivity index (χ1n) is 6.05. The van der Waals surface area contributed by atoms with Crippen LogP contribution in [0.3, 0.4) is 0 Å². The highest BCUT2D eigenvalue weighted by atomic mass is 32.2. The van der Waals surface area contributed by atoms with E-state index < -0.39 is 9.84 Å². The number of hydrogen-bond donors (Lipinski definition) is 1. The molecule has 0 spiro atoms. The van der Waals surface area contributed by atoms with E-state index in [0.717, 1.165) is 12.8 Å². The maximum Gasteiger partial charge on any atom is 0.150 e. The van der Waals surface area contributed by atoms with Crippen LogP contribution in [0.2, 0.25) is 0 Å². The molecule has 2 N–H and O–H groups in total. The summed E-state index contributed by atoms with van der Waals surface area (Å²) in [4.78, 5) is 0. The van der Waals surface area contributed by atoms with Crippen LogP contribution in [0.15, 0.2) is 12.3 Å². The van der Waals surface area contributed by atoms with Crippen LogP contribution < -0.4 is 5.73 Å². The van der Waals surface area contributed by atoms with E-state index >= 15 is 0 Å². The van der Waals surface area contributed by atoms with Gasteiger partial charge < -0.3 is 5.73 Å². The van der Waals surface area contributed by atoms with Gasteiger partial charge in [-0.2, -0.15) is 5.10 Å². The zero-order valence-corrected chi connectivity index (χ0v) is 10.7. The van der Waals surface area contributed by atoms with Crippen molar-refractivity contribution in [3.05, 3.63) is 18.0 Å². The number of aryl methyl sites for hydroxylation is 1. The molecule has 1 saturated heterocycles. The van der Waals surface area contributed by atoms with Crippen molar-refractivity contribution in [1.29, 1.82) is 0 Å². The van der Waals surface area contributed by atoms with Crippen LogP contribution in [0.5, 0.6) is 0 Å². The topological polar surface area (TPSA) is 78.0 Å². The second kappa shape index (κ2) is 5.18. The van der Waals surface area contributed by atoms with Gasteiger partial charge in [0.15, 0.2) is 0 Å². The predicted molar refractivity (Wildman–Crippen MR) is 66.5 cm³/mol. The zero-order valence-electron chi connectivity index (χ0n) is 9.88. The highest BCUT2D eigenvalue weighted by Crippen LogP contribution is 2.24. The van der Waals surface area contributed by atoms with E-state index in [9.17, 15) is 8.42 Å². The Morgan fingerprint density at radius 2 is 2.12 bits per heavy atom. The van der Waals surface area contributed by atoms with Gasteiger partial charge in [0.2, 0.25) is 0 Å². The van der Waals surface area contributed by atoms with E-state index in [1.807, 2.05) is 10.7 Å². The van der Waals surface area contributed by atoms with Crippen LogP contribution in [0.4, 0.5) is 0 Å². The molecule has 1 fully saturated rings. The van der Waals surface area contributed by atoms with Crippen LogP contribution in [-0.4, -0.2) is 36.2 Å². The quantitative estimate of drug-likeness (QED) is 0.853. The number of nitrogens with two attached hydrogens (primary N) is 1. The van der Waals surface area contributed by atoms with Gasteiger partial charge in [-0.05, 0) is 38.3 Å². The first kappa shape index (κ1) is 12.6. The molecule has 2 heterocycles. The first-order chi connectivity index (χ1) is 8.12. The lowest BCUT2D eigenvalue weighted by atomic mass is 10.1. The molecule has 0 unspecified atom stereocenters. The van der Waals surface area contributed by atoms with Gasteiger partial charge >= 0.3 is 0 Å². The molecular weight excluding hydrogens is 238 g/mol. The van der Waals surface area contributed by atoms with Crippen molar-refractivity contribution < 1.29 is 8.42 Å². The van der Waals surface area contributed by atoms with Crippen LogP contribution in [0.1, 0.15) is 31.0 Å². The summed E-state index contributed by atoms with van der Waals surface area (Å²) in [7, 11) is -2.80. The molecule has 0 amide bonds. The fourth-order valence-corrected chi connectivity index (χ4v) is 3.74. The van der Waals surface area contributed by atoms with E-state index in [0.29, 0.717) is 19.4 Å². The van der Waals surface area contributed by atoms with Crippen molar-refractivity contribution in [2.75, 3.05) is 18.1 Å². The third kappa shape index (κ3) is 3.07. The Kier molecular flexibility index (Phi) is 3.83. The molecular formula is C11H19N3O2S. The van der Waals surface area contributed by atoms with Crippen molar-refractivity contribution >= 4 is 9.84 Å². The van der Waals surface area contributed by atoms with Gasteiger partial charge in [0.1, 0.15) is 9.84 Å². The fourth-order valence-electron chi connectivity index (χ4n) is 2.27. The molecule has 5 nitrogen and oxygen atoms in total. The van der Waals surface area contributed by atoms with Gasteiger partial charge in [-0.1, -0.05) is 0 Å². The average molecular weight is 257 g/mol. The lowest BCUT2D eigenvalue weighted by molar-refractivity contribution is 0.400. The summed E-state index contributed by atoms with van der Waals surface area (Å²) in [5.74, 6) is 0.571. The van der Waals surface area contributed by atoms with Gasteiger partial charge in [-0.25, -0.2) is 8.42 Å². The molecule has 1 aromatic rings. The molecule has 6 heteroatoms. The average Bonchev–Trinajstić information content (AvgIpc) is 2.74. The monoisotopic (exact) mass is 257 g/mol. The fraction of sp³-hybridized carbons (Fsp3) is 0.727. The zero-order chi connectivity index (χ0) is 12.3. The highest BCUT2D eigenvalue weighted by molar-refractivity contribution is 7.91. The van der Waals surface area contributed by atoms with E-state index in [-0.39, 0.29) is 17.5 Å². The van der Waals surface area contributed by atoms with Gasteiger partial charge in [-0.3, -0.25) is 4.68 Å². The van der Waals surface area contributed by atoms with Crippen LogP contribution in [0.25, 0.3) is 0 Å². The highest BCUT2D eigenvalue weighted by Gasteiger charge is 2.26. The maximum atomic E-state index is 11.4. The van der Waals surface area contributed by atoms with Gasteiger partial charge in [0.05, 0.1) is 17.5 Å². The number of aromatic nitrogens is 2. The van der Waals surface area contributed by atoms with Crippen LogP contribution in [0, 0.1) is 0 Å². The van der Waals surface area contributed by atoms with Gasteiger partial charge in [0.25, 0.3) is 0 Å². The van der Waals surface area contributed by atoms with E-state index in [1.54, 1.807) is 6.20 Å². The maximum absolute atomic E-state index is 11.4. The molecule has 0 aliphatic carbocycles. The predicted octanol–water partition coefficient (Wildman–Crippen LogP) is 0.524. The summed E-state index contributed by atoms with van der Waals surface area (Å²) in [5.41, 5.74) is 6.67. The van der Waals surface area contributed by atoms with Crippen LogP contribution >= 0.6 is 0 Å². The van der Waals surface area contributed by atoms with E-state index in [1.165, 1.54) is 5.69 Å². The summed E-state index contributed by atoms with van der Waals surface area (Å²) >= 11 is 0. The Labute approximate surface area is 102 Å². The molecule has 2 rings (SSSR count). The molecule has 0 bridgehead atoms. The van der Waals surface area contributed by atoms with Gasteiger partial charge in [-0.15, -0.1) is 0 Å². The minimum atomic E-state index is -2.80. The third-order valence-electron chi connectivity index (χ3n) is 3.26. The van der Waals surface area contributed by atoms with E-state index in [4.69, 9.17) is 5.73 Å². The SMILES string of the molecule is NCCCc1ccnn1C1CCS(=O)(=O)CC1. The first-order valence-corrected chi connectivity index (χ1v) is 7.87. The Bertz CT molecular complexity index is 453. The smallest absolute Gasteiger partial charge is 0.150 e. The molecule has 0 atom stereocenters. The minimum absolute atomic E-state index is 0.237. The molecule has 96 valence electrons. The summed E-state index contributed by atoms with van der Waals surface area (Å²) in [6.45, 7) is 0.671. The normalized spacial score (nSPS) is 20.5. The van der Waals surface area contributed by atoms with E-state index in [2.05, 4.69) is 5.10 Å². The van der Waals surface area contributed by atoms with Crippen molar-refractivity contribution in [3.8, 4) is 0 Å². The number of rotatable bonds is 4. The molecule has 0 saturated carbocycles. The standard InChI is InChI=1S/C11H19N3O2S/c12-6-1-2-10-3-7-13-14(10)11-4-8-17(15,16)9-5-11/h3,7,11H,1-2,4-6,8-9,12H2. The minimum Gasteiger partial charge on any atom is -0.330 e. The lowest BCUT2D eigenvalue weighted by Crippen LogP contribution is -2.27. The molecule has 1 aliphatic heterocycles. The van der Waals surface area contributed by atoms with Crippen LogP contribution in [-0.2, 0) is 16.3 Å². The number of sulfone groups is 1. The molecule has 1 aromatic heterocycles. The largest absolute Gasteiger partial charge is 0.330 e. The molecule has 17 heavy (non-hydrogen) atoms. The molecule has 1 aliphatic rings. The van der Waals surface area contributed by atoms with Crippen molar-refractivity contribution in [2.24, 2.45) is 5.73 Å². The summed E-state index contributed by atoms with van der Waals surface area (Å²) in [6.07, 6.45) is 5.00. The summed E-state index contributed by atoms with van der Waals surface area (Å²) < 4.78 is 24.7. The second-order valence-corrected chi connectivity index (χ2v) is 6.85. The Morgan fingerprint density at radius 1 is 1.41 bits per heavy atom. The number of nitrogens with zero attached hydrogens (tertiary/aromatic N) is 2. The Hall–Kier alpha value is -0.880. The molecule has 0 aromatic carbocycles. The summed E-state index contributed by atoms with van der Waals surface area (Å²) in [6, 6.07) is 2.24. The third-order valence-corrected chi connectivity index (χ3v) is 4.97. The number of hydrogen-bond acceptors (Lipinski definition) is 4. The Balaban J connectivity index is 2.05. The van der Waals surface area contributed by atoms with Gasteiger partial charge in [0, 0.05) is 11.9 Å². The Morgan fingerprint density at radius 3 is 2.76 bits per heavy atom.